The summed E-state index contributed by atoms with van der Waals surface area (Å²) in [4.78, 5) is 0. The van der Waals surface area contributed by atoms with Gasteiger partial charge < -0.3 is 9.84 Å². The van der Waals surface area contributed by atoms with Crippen LogP contribution in [0.25, 0.3) is 10.8 Å². The molecule has 0 heterocycles. The Morgan fingerprint density at radius 1 is 0.567 bits per heavy atom. The van der Waals surface area contributed by atoms with Crippen LogP contribution in [0.1, 0.15) is 110 Å². The number of rotatable bonds is 18. The quantitative estimate of drug-likeness (QED) is 0.247. The van der Waals surface area contributed by atoms with E-state index in [0.29, 0.717) is 5.75 Å². The molecule has 0 amide bonds. The van der Waals surface area contributed by atoms with Gasteiger partial charge in [-0.25, -0.2) is 0 Å². The summed E-state index contributed by atoms with van der Waals surface area (Å²) in [7, 11) is 0. The molecule has 30 heavy (non-hydrogen) atoms. The maximum absolute atomic E-state index is 9.96. The summed E-state index contributed by atoms with van der Waals surface area (Å²) in [6.45, 7) is 3.04. The monoisotopic (exact) mass is 412 g/mol. The smallest absolute Gasteiger partial charge is 0.127 e. The van der Waals surface area contributed by atoms with Gasteiger partial charge in [0, 0.05) is 10.8 Å². The zero-order chi connectivity index (χ0) is 21.3. The van der Waals surface area contributed by atoms with Crippen LogP contribution < -0.4 is 4.74 Å². The van der Waals surface area contributed by atoms with Gasteiger partial charge in [-0.05, 0) is 18.6 Å². The van der Waals surface area contributed by atoms with E-state index in [1.807, 2.05) is 30.3 Å². The predicted molar refractivity (Wildman–Crippen MR) is 131 cm³/mol. The van der Waals surface area contributed by atoms with Crippen molar-refractivity contribution in [2.24, 2.45) is 0 Å². The van der Waals surface area contributed by atoms with E-state index in [-0.39, 0.29) is 0 Å². The molecule has 2 heteroatoms. The number of phenolic OH excluding ortho intramolecular Hbond substituents is 1. The van der Waals surface area contributed by atoms with Gasteiger partial charge in [0.2, 0.25) is 0 Å². The molecule has 1 N–H and O–H groups in total. The van der Waals surface area contributed by atoms with E-state index < -0.39 is 0 Å². The highest BCUT2D eigenvalue weighted by molar-refractivity contribution is 5.92. The number of unbranched alkanes of at least 4 members (excludes halogenated alkanes) is 15. The summed E-state index contributed by atoms with van der Waals surface area (Å²) in [6, 6.07) is 11.5. The Bertz CT molecular complexity index is 679. The number of phenols is 1. The molecule has 0 aliphatic carbocycles. The van der Waals surface area contributed by atoms with Crippen LogP contribution in [0.2, 0.25) is 0 Å². The van der Waals surface area contributed by atoms with Gasteiger partial charge in [-0.3, -0.25) is 0 Å². The normalized spacial score (nSPS) is 11.2. The number of fused-ring (bicyclic) bond motifs is 1. The maximum atomic E-state index is 9.96. The van der Waals surface area contributed by atoms with Crippen LogP contribution in [-0.4, -0.2) is 11.7 Å². The van der Waals surface area contributed by atoms with Gasteiger partial charge in [-0.2, -0.15) is 0 Å². The Balaban J connectivity index is 1.39. The maximum Gasteiger partial charge on any atom is 0.127 e. The van der Waals surface area contributed by atoms with Crippen molar-refractivity contribution < 1.29 is 9.84 Å². The molecular formula is C28H44O2. The lowest BCUT2D eigenvalue weighted by Crippen LogP contribution is -1.98. The molecule has 0 aliphatic rings. The molecule has 0 spiro atoms. The van der Waals surface area contributed by atoms with Gasteiger partial charge in [0.15, 0.2) is 0 Å². The molecule has 0 aromatic heterocycles. The third kappa shape index (κ3) is 9.87. The molecule has 2 rings (SSSR count). The molecule has 0 atom stereocenters. The molecule has 0 saturated carbocycles. The van der Waals surface area contributed by atoms with Gasteiger partial charge in [-0.15, -0.1) is 0 Å². The minimum atomic E-state index is 0.320. The van der Waals surface area contributed by atoms with Gasteiger partial charge in [0.1, 0.15) is 11.5 Å². The van der Waals surface area contributed by atoms with E-state index in [9.17, 15) is 5.11 Å². The average Bonchev–Trinajstić information content (AvgIpc) is 2.77. The number of ether oxygens (including phenoxy) is 1. The first-order valence-corrected chi connectivity index (χ1v) is 12.7. The van der Waals surface area contributed by atoms with Crippen LogP contribution in [0, 0.1) is 0 Å². The summed E-state index contributed by atoms with van der Waals surface area (Å²) in [5.74, 6) is 1.20. The minimum Gasteiger partial charge on any atom is -0.507 e. The van der Waals surface area contributed by atoms with E-state index in [1.54, 1.807) is 6.07 Å². The Hall–Kier alpha value is -1.70. The first-order valence-electron chi connectivity index (χ1n) is 12.7. The van der Waals surface area contributed by atoms with Crippen LogP contribution in [0.4, 0.5) is 0 Å². The van der Waals surface area contributed by atoms with Crippen molar-refractivity contribution in [3.63, 3.8) is 0 Å². The molecule has 168 valence electrons. The molecule has 0 saturated heterocycles. The Morgan fingerprint density at radius 2 is 1.03 bits per heavy atom. The molecule has 0 bridgehead atoms. The molecule has 0 unspecified atom stereocenters. The fourth-order valence-corrected chi connectivity index (χ4v) is 4.21. The third-order valence-electron chi connectivity index (χ3n) is 6.12. The zero-order valence-corrected chi connectivity index (χ0v) is 19.3. The van der Waals surface area contributed by atoms with E-state index in [4.69, 9.17) is 4.74 Å². The summed E-state index contributed by atoms with van der Waals surface area (Å²) >= 11 is 0. The molecule has 0 fully saturated rings. The highest BCUT2D eigenvalue weighted by Crippen LogP contribution is 2.32. The SMILES string of the molecule is CCCCCCCCCCCCCCCCCCOc1ccc(O)c2ccccc12. The second-order valence-corrected chi connectivity index (χ2v) is 8.78. The Kier molecular flexibility index (Phi) is 13.1. The lowest BCUT2D eigenvalue weighted by atomic mass is 10.0. The van der Waals surface area contributed by atoms with E-state index in [2.05, 4.69) is 6.92 Å². The Labute approximate surface area is 185 Å². The van der Waals surface area contributed by atoms with Crippen LogP contribution in [0.5, 0.6) is 11.5 Å². The van der Waals surface area contributed by atoms with E-state index in [1.165, 1.54) is 96.3 Å². The predicted octanol–water partition coefficient (Wildman–Crippen LogP) is 9.19. The topological polar surface area (TPSA) is 29.5 Å². The van der Waals surface area contributed by atoms with Gasteiger partial charge >= 0.3 is 0 Å². The lowest BCUT2D eigenvalue weighted by Gasteiger charge is -2.10. The highest BCUT2D eigenvalue weighted by Gasteiger charge is 2.05. The van der Waals surface area contributed by atoms with Gasteiger partial charge in [-0.1, -0.05) is 128 Å². The van der Waals surface area contributed by atoms with Crippen LogP contribution in [0.15, 0.2) is 36.4 Å². The van der Waals surface area contributed by atoms with Crippen LogP contribution in [-0.2, 0) is 0 Å². The first kappa shape index (κ1) is 24.6. The number of aromatic hydroxyl groups is 1. The number of hydrogen-bond acceptors (Lipinski definition) is 2. The molecule has 2 aromatic rings. The van der Waals surface area contributed by atoms with Crippen molar-refractivity contribution in [2.45, 2.75) is 110 Å². The van der Waals surface area contributed by atoms with Crippen LogP contribution >= 0.6 is 0 Å². The fraction of sp³-hybridized carbons (Fsp3) is 0.643. The summed E-state index contributed by atoms with van der Waals surface area (Å²) < 4.78 is 5.98. The number of hydrogen-bond donors (Lipinski definition) is 1. The molecule has 0 aliphatic heterocycles. The van der Waals surface area contributed by atoms with Crippen molar-refractivity contribution in [2.75, 3.05) is 6.61 Å². The minimum absolute atomic E-state index is 0.320. The van der Waals surface area contributed by atoms with Crippen molar-refractivity contribution in [3.05, 3.63) is 36.4 Å². The number of benzene rings is 2. The summed E-state index contributed by atoms with van der Waals surface area (Å²) in [6.07, 6.45) is 22.1. The lowest BCUT2D eigenvalue weighted by molar-refractivity contribution is 0.307. The molecule has 2 aromatic carbocycles. The first-order chi connectivity index (χ1) is 14.8. The Morgan fingerprint density at radius 3 is 1.57 bits per heavy atom. The fourth-order valence-electron chi connectivity index (χ4n) is 4.21. The third-order valence-corrected chi connectivity index (χ3v) is 6.12. The van der Waals surface area contributed by atoms with Crippen molar-refractivity contribution in [3.8, 4) is 11.5 Å². The van der Waals surface area contributed by atoms with Gasteiger partial charge in [0.25, 0.3) is 0 Å². The van der Waals surface area contributed by atoms with Crippen molar-refractivity contribution in [1.29, 1.82) is 0 Å². The second kappa shape index (κ2) is 16.1. The molecule has 2 nitrogen and oxygen atoms in total. The zero-order valence-electron chi connectivity index (χ0n) is 19.3. The van der Waals surface area contributed by atoms with Gasteiger partial charge in [0.05, 0.1) is 6.61 Å². The highest BCUT2D eigenvalue weighted by atomic mass is 16.5. The van der Waals surface area contributed by atoms with Crippen LogP contribution in [0.3, 0.4) is 0 Å². The second-order valence-electron chi connectivity index (χ2n) is 8.78. The van der Waals surface area contributed by atoms with Crippen molar-refractivity contribution in [1.82, 2.24) is 0 Å². The van der Waals surface area contributed by atoms with Crippen molar-refractivity contribution >= 4 is 10.8 Å². The summed E-state index contributed by atoms with van der Waals surface area (Å²) in [5, 5.41) is 11.8. The summed E-state index contributed by atoms with van der Waals surface area (Å²) in [5.41, 5.74) is 0. The molecular weight excluding hydrogens is 368 g/mol. The average molecular weight is 413 g/mol. The standard InChI is InChI=1S/C28H44O2/c1-2-3-4-5-6-7-8-9-10-11-12-13-14-15-16-19-24-30-28-23-22-27(29)25-20-17-18-21-26(25)28/h17-18,20-23,29H,2-16,19,24H2,1H3. The van der Waals surface area contributed by atoms with E-state index >= 15 is 0 Å². The molecule has 0 radical (unpaired) electrons. The van der Waals surface area contributed by atoms with E-state index in [0.717, 1.165) is 29.5 Å². The largest absolute Gasteiger partial charge is 0.507 e.